The van der Waals surface area contributed by atoms with Crippen LogP contribution in [-0.2, 0) is 4.84 Å². The van der Waals surface area contributed by atoms with Gasteiger partial charge in [-0.25, -0.2) is 0 Å². The number of aromatic nitrogens is 1. The molecule has 3 nitrogen and oxygen atoms in total. The second-order valence-corrected chi connectivity index (χ2v) is 3.03. The average molecular weight is 239 g/mol. The van der Waals surface area contributed by atoms with Gasteiger partial charge >= 0.3 is 0 Å². The van der Waals surface area contributed by atoms with Crippen molar-refractivity contribution in [3.63, 3.8) is 0 Å². The van der Waals surface area contributed by atoms with Gasteiger partial charge in [-0.05, 0) is 28.1 Å². The lowest BCUT2D eigenvalue weighted by atomic mass is 10.4. The zero-order chi connectivity index (χ0) is 9.52. The van der Waals surface area contributed by atoms with Crippen molar-refractivity contribution in [1.82, 2.24) is 4.98 Å². The number of halogens is 1. The van der Waals surface area contributed by atoms with Gasteiger partial charge in [-0.2, -0.15) is 0 Å². The molecule has 13 heavy (non-hydrogen) atoms. The first-order valence-electron chi connectivity index (χ1n) is 3.53. The van der Waals surface area contributed by atoms with E-state index in [1.165, 1.54) is 6.21 Å². The van der Waals surface area contributed by atoms with Crippen molar-refractivity contribution in [3.05, 3.63) is 28.5 Å². The number of nitrogens with zero attached hydrogens (tertiary/aromatic N) is 2. The van der Waals surface area contributed by atoms with Crippen LogP contribution in [0.5, 0.6) is 0 Å². The maximum atomic E-state index is 4.96. The molecule has 66 valence electrons. The van der Waals surface area contributed by atoms with Crippen molar-refractivity contribution < 1.29 is 4.84 Å². The van der Waals surface area contributed by atoms with Crippen LogP contribution >= 0.6 is 15.9 Å². The summed E-state index contributed by atoms with van der Waals surface area (Å²) in [5.41, 5.74) is 0.722. The summed E-state index contributed by atoms with van der Waals surface area (Å²) in [6, 6.07) is 3.68. The third kappa shape index (κ3) is 3.72. The van der Waals surface area contributed by atoms with E-state index < -0.39 is 0 Å². The lowest BCUT2D eigenvalue weighted by Gasteiger charge is -1.92. The van der Waals surface area contributed by atoms with Gasteiger partial charge in [-0.1, -0.05) is 11.1 Å². The Morgan fingerprint density at radius 3 is 3.15 bits per heavy atom. The van der Waals surface area contributed by atoms with Gasteiger partial charge in [-0.15, -0.1) is 6.42 Å². The minimum absolute atomic E-state index is 0.174. The van der Waals surface area contributed by atoms with E-state index in [9.17, 15) is 0 Å². The predicted molar refractivity (Wildman–Crippen MR) is 54.3 cm³/mol. The summed E-state index contributed by atoms with van der Waals surface area (Å²) in [5, 5.41) is 3.62. The Labute approximate surface area is 84.9 Å². The molecule has 0 atom stereocenters. The summed E-state index contributed by atoms with van der Waals surface area (Å²) in [7, 11) is 0. The Kier molecular flexibility index (Phi) is 4.00. The van der Waals surface area contributed by atoms with E-state index in [4.69, 9.17) is 11.3 Å². The number of terminal acetylenes is 1. The Balaban J connectivity index is 2.50. The van der Waals surface area contributed by atoms with Crippen molar-refractivity contribution in [2.45, 2.75) is 0 Å². The largest absolute Gasteiger partial charge is 0.383 e. The Morgan fingerprint density at radius 1 is 1.69 bits per heavy atom. The minimum atomic E-state index is 0.174. The fraction of sp³-hybridized carbons (Fsp3) is 0.111. The maximum absolute atomic E-state index is 4.96. The number of oxime groups is 1. The van der Waals surface area contributed by atoms with Crippen LogP contribution in [0.15, 0.2) is 28.0 Å². The van der Waals surface area contributed by atoms with Gasteiger partial charge in [0.15, 0.2) is 6.61 Å². The molecule has 0 radical (unpaired) electrons. The van der Waals surface area contributed by atoms with E-state index in [1.54, 1.807) is 6.20 Å². The third-order valence-corrected chi connectivity index (χ3v) is 1.63. The highest BCUT2D eigenvalue weighted by Crippen LogP contribution is 2.05. The number of hydrogen-bond donors (Lipinski definition) is 0. The predicted octanol–water partition coefficient (Wildman–Crippen LogP) is 1.83. The summed E-state index contributed by atoms with van der Waals surface area (Å²) < 4.78 is 0.925. The molecular weight excluding hydrogens is 232 g/mol. The minimum Gasteiger partial charge on any atom is -0.383 e. The molecule has 0 saturated heterocycles. The molecule has 0 fully saturated rings. The lowest BCUT2D eigenvalue weighted by molar-refractivity contribution is 0.181. The molecule has 0 saturated carbocycles. The van der Waals surface area contributed by atoms with Crippen LogP contribution in [0.25, 0.3) is 0 Å². The van der Waals surface area contributed by atoms with Gasteiger partial charge in [0.1, 0.15) is 0 Å². The smallest absolute Gasteiger partial charge is 0.177 e. The van der Waals surface area contributed by atoms with Crippen LogP contribution in [0.3, 0.4) is 0 Å². The van der Waals surface area contributed by atoms with Crippen molar-refractivity contribution in [3.8, 4) is 12.3 Å². The first-order chi connectivity index (χ1) is 6.33. The zero-order valence-corrected chi connectivity index (χ0v) is 8.36. The summed E-state index contributed by atoms with van der Waals surface area (Å²) in [6.07, 6.45) is 8.14. The topological polar surface area (TPSA) is 34.5 Å². The van der Waals surface area contributed by atoms with Gasteiger partial charge in [0, 0.05) is 10.7 Å². The van der Waals surface area contributed by atoms with Crippen molar-refractivity contribution in [2.75, 3.05) is 6.61 Å². The SMILES string of the molecule is C#CCO/N=C/c1ccc(Br)cn1. The second kappa shape index (κ2) is 5.33. The summed E-state index contributed by atoms with van der Waals surface area (Å²) in [5.74, 6) is 2.30. The molecule has 1 heterocycles. The van der Waals surface area contributed by atoms with E-state index in [-0.39, 0.29) is 6.61 Å². The molecule has 4 heteroatoms. The van der Waals surface area contributed by atoms with Gasteiger partial charge in [-0.3, -0.25) is 4.98 Å². The fourth-order valence-corrected chi connectivity index (χ4v) is 0.864. The fourth-order valence-electron chi connectivity index (χ4n) is 0.629. The van der Waals surface area contributed by atoms with E-state index in [1.807, 2.05) is 12.1 Å². The van der Waals surface area contributed by atoms with Crippen LogP contribution in [0, 0.1) is 12.3 Å². The maximum Gasteiger partial charge on any atom is 0.177 e. The Morgan fingerprint density at radius 2 is 2.54 bits per heavy atom. The standard InChI is InChI=1S/C9H7BrN2O/c1-2-5-13-12-7-9-4-3-8(10)6-11-9/h1,3-4,6-7H,5H2/b12-7+. The third-order valence-electron chi connectivity index (χ3n) is 1.16. The highest BCUT2D eigenvalue weighted by molar-refractivity contribution is 9.10. The quantitative estimate of drug-likeness (QED) is 0.349. The molecule has 1 aromatic heterocycles. The molecule has 0 spiro atoms. The van der Waals surface area contributed by atoms with Crippen molar-refractivity contribution in [2.24, 2.45) is 5.16 Å². The monoisotopic (exact) mass is 238 g/mol. The normalized spacial score (nSPS) is 9.85. The molecule has 0 N–H and O–H groups in total. The average Bonchev–Trinajstić information content (AvgIpc) is 2.15. The molecule has 0 aliphatic carbocycles. The molecule has 1 rings (SSSR count). The van der Waals surface area contributed by atoms with Gasteiger partial charge < -0.3 is 4.84 Å². The van der Waals surface area contributed by atoms with Crippen LogP contribution in [0.4, 0.5) is 0 Å². The van der Waals surface area contributed by atoms with Crippen molar-refractivity contribution in [1.29, 1.82) is 0 Å². The van der Waals surface area contributed by atoms with Crippen LogP contribution in [0.1, 0.15) is 5.69 Å². The summed E-state index contributed by atoms with van der Waals surface area (Å²) in [6.45, 7) is 0.174. The van der Waals surface area contributed by atoms with Crippen LogP contribution in [0.2, 0.25) is 0 Å². The number of pyridine rings is 1. The Hall–Kier alpha value is -1.34. The lowest BCUT2D eigenvalue weighted by Crippen LogP contribution is -1.88. The van der Waals surface area contributed by atoms with E-state index in [0.29, 0.717) is 0 Å². The van der Waals surface area contributed by atoms with Gasteiger partial charge in [0.05, 0.1) is 11.9 Å². The summed E-state index contributed by atoms with van der Waals surface area (Å²) in [4.78, 5) is 8.75. The van der Waals surface area contributed by atoms with E-state index in [0.717, 1.165) is 10.2 Å². The molecule has 0 bridgehead atoms. The highest BCUT2D eigenvalue weighted by Gasteiger charge is 1.88. The molecule has 0 aliphatic heterocycles. The first kappa shape index (κ1) is 9.75. The van der Waals surface area contributed by atoms with Crippen LogP contribution in [-0.4, -0.2) is 17.8 Å². The molecule has 0 aromatic carbocycles. The van der Waals surface area contributed by atoms with Gasteiger partial charge in [0.25, 0.3) is 0 Å². The Bertz CT molecular complexity index is 326. The zero-order valence-electron chi connectivity index (χ0n) is 6.77. The van der Waals surface area contributed by atoms with E-state index >= 15 is 0 Å². The molecule has 0 aliphatic rings. The van der Waals surface area contributed by atoms with E-state index in [2.05, 4.69) is 32.0 Å². The molecule has 0 unspecified atom stereocenters. The highest BCUT2D eigenvalue weighted by atomic mass is 79.9. The second-order valence-electron chi connectivity index (χ2n) is 2.11. The van der Waals surface area contributed by atoms with Crippen molar-refractivity contribution >= 4 is 22.1 Å². The molecule has 1 aromatic rings. The van der Waals surface area contributed by atoms with Crippen LogP contribution < -0.4 is 0 Å². The first-order valence-corrected chi connectivity index (χ1v) is 4.32. The molecule has 0 amide bonds. The molecular formula is C9H7BrN2O. The van der Waals surface area contributed by atoms with Gasteiger partial charge in [0.2, 0.25) is 0 Å². The number of hydrogen-bond acceptors (Lipinski definition) is 3. The summed E-state index contributed by atoms with van der Waals surface area (Å²) >= 11 is 3.27. The number of rotatable bonds is 3.